The van der Waals surface area contributed by atoms with Gasteiger partial charge in [0, 0.05) is 6.07 Å². The number of carbonyl (C=O) groups excluding carboxylic acids is 1. The number of nitro groups is 1. The van der Waals surface area contributed by atoms with Crippen LogP contribution in [-0.2, 0) is 4.79 Å². The Balaban J connectivity index is 2.14. The van der Waals surface area contributed by atoms with Crippen molar-refractivity contribution in [2.75, 3.05) is 11.9 Å². The second-order valence-corrected chi connectivity index (χ2v) is 6.48. The van der Waals surface area contributed by atoms with E-state index in [0.717, 1.165) is 0 Å². The average molecular weight is 424 g/mol. The predicted octanol–water partition coefficient (Wildman–Crippen LogP) is 5.53. The Morgan fingerprint density at radius 3 is 2.32 bits per heavy atom. The zero-order valence-electron chi connectivity index (χ0n) is 12.6. The molecule has 0 aliphatic heterocycles. The fourth-order valence-electron chi connectivity index (χ4n) is 1.89. The van der Waals surface area contributed by atoms with Gasteiger partial charge in [0.15, 0.2) is 12.4 Å². The van der Waals surface area contributed by atoms with Crippen molar-refractivity contribution in [2.24, 2.45) is 0 Å². The van der Waals surface area contributed by atoms with E-state index in [9.17, 15) is 14.9 Å². The number of nitrogens with one attached hydrogen (secondary N) is 1. The Morgan fingerprint density at radius 1 is 1.16 bits per heavy atom. The van der Waals surface area contributed by atoms with Crippen molar-refractivity contribution in [3.63, 3.8) is 0 Å². The maximum atomic E-state index is 12.1. The summed E-state index contributed by atoms with van der Waals surface area (Å²) in [4.78, 5) is 22.5. The zero-order valence-corrected chi connectivity index (χ0v) is 15.6. The summed E-state index contributed by atoms with van der Waals surface area (Å²) in [5.41, 5.74) is 0.484. The van der Waals surface area contributed by atoms with Crippen LogP contribution in [0.1, 0.15) is 5.56 Å². The van der Waals surface area contributed by atoms with Gasteiger partial charge in [0.2, 0.25) is 0 Å². The first-order valence-corrected chi connectivity index (χ1v) is 8.22. The highest BCUT2D eigenvalue weighted by molar-refractivity contribution is 6.50. The fourth-order valence-corrected chi connectivity index (χ4v) is 2.80. The van der Waals surface area contributed by atoms with Crippen molar-refractivity contribution >= 4 is 63.7 Å². The van der Waals surface area contributed by atoms with Crippen molar-refractivity contribution in [1.29, 1.82) is 0 Å². The topological polar surface area (TPSA) is 81.5 Å². The highest BCUT2D eigenvalue weighted by Crippen LogP contribution is 2.41. The van der Waals surface area contributed by atoms with Gasteiger partial charge >= 0.3 is 5.69 Å². The summed E-state index contributed by atoms with van der Waals surface area (Å²) in [5.74, 6) is -0.677. The minimum absolute atomic E-state index is 0.0192. The van der Waals surface area contributed by atoms with E-state index in [1.807, 2.05) is 0 Å². The number of rotatable bonds is 5. The van der Waals surface area contributed by atoms with Crippen LogP contribution in [0, 0.1) is 17.0 Å². The summed E-state index contributed by atoms with van der Waals surface area (Å²) in [6, 6.07) is 5.73. The van der Waals surface area contributed by atoms with Crippen LogP contribution in [0.4, 0.5) is 11.4 Å². The van der Waals surface area contributed by atoms with Gasteiger partial charge in [-0.1, -0.05) is 52.5 Å². The molecule has 2 aromatic carbocycles. The van der Waals surface area contributed by atoms with E-state index in [1.165, 1.54) is 18.2 Å². The Labute approximate surface area is 162 Å². The molecule has 0 atom stereocenters. The highest BCUT2D eigenvalue weighted by atomic mass is 35.5. The van der Waals surface area contributed by atoms with E-state index in [2.05, 4.69) is 5.32 Å². The zero-order chi connectivity index (χ0) is 18.7. The Bertz CT molecular complexity index is 832. The summed E-state index contributed by atoms with van der Waals surface area (Å²) < 4.78 is 5.22. The van der Waals surface area contributed by atoms with E-state index >= 15 is 0 Å². The van der Waals surface area contributed by atoms with Gasteiger partial charge in [0.1, 0.15) is 0 Å². The highest BCUT2D eigenvalue weighted by Gasteiger charge is 2.19. The molecule has 2 rings (SSSR count). The van der Waals surface area contributed by atoms with Crippen LogP contribution in [0.25, 0.3) is 0 Å². The second kappa shape index (κ2) is 8.10. The van der Waals surface area contributed by atoms with E-state index in [0.29, 0.717) is 5.56 Å². The number of ether oxygens (including phenoxy) is 1. The summed E-state index contributed by atoms with van der Waals surface area (Å²) in [6.07, 6.45) is 0. The number of amides is 1. The molecular weight excluding hydrogens is 414 g/mol. The molecule has 10 heteroatoms. The summed E-state index contributed by atoms with van der Waals surface area (Å²) >= 11 is 23.8. The minimum Gasteiger partial charge on any atom is -0.477 e. The summed E-state index contributed by atoms with van der Waals surface area (Å²) in [5, 5.41) is 13.7. The van der Waals surface area contributed by atoms with Gasteiger partial charge in [0.05, 0.1) is 30.7 Å². The first-order valence-electron chi connectivity index (χ1n) is 6.71. The van der Waals surface area contributed by atoms with Crippen LogP contribution < -0.4 is 10.1 Å². The van der Waals surface area contributed by atoms with Gasteiger partial charge in [-0.25, -0.2) is 0 Å². The SMILES string of the molecule is Cc1ccc(OCC(=O)Nc2c(Cl)c(Cl)cc(Cl)c2Cl)c([N+](=O)[O-])c1. The van der Waals surface area contributed by atoms with Crippen molar-refractivity contribution in [3.8, 4) is 5.75 Å². The van der Waals surface area contributed by atoms with Gasteiger partial charge in [-0.15, -0.1) is 0 Å². The monoisotopic (exact) mass is 422 g/mol. The third kappa shape index (κ3) is 4.67. The Kier molecular flexibility index (Phi) is 6.35. The van der Waals surface area contributed by atoms with E-state index in [1.54, 1.807) is 13.0 Å². The number of nitrogens with zero attached hydrogens (tertiary/aromatic N) is 1. The van der Waals surface area contributed by atoms with Crippen LogP contribution in [0.15, 0.2) is 24.3 Å². The molecule has 2 aromatic rings. The second-order valence-electron chi connectivity index (χ2n) is 4.91. The molecule has 0 spiro atoms. The van der Waals surface area contributed by atoms with Gasteiger partial charge in [-0.2, -0.15) is 0 Å². The Hall–Kier alpha value is -1.73. The van der Waals surface area contributed by atoms with Gasteiger partial charge in [0.25, 0.3) is 5.91 Å². The first-order chi connectivity index (χ1) is 11.7. The van der Waals surface area contributed by atoms with Crippen molar-refractivity contribution in [1.82, 2.24) is 0 Å². The lowest BCUT2D eigenvalue weighted by Gasteiger charge is -2.12. The normalized spacial score (nSPS) is 10.4. The molecule has 0 bridgehead atoms. The molecule has 0 radical (unpaired) electrons. The lowest BCUT2D eigenvalue weighted by atomic mass is 10.2. The molecule has 0 saturated carbocycles. The molecule has 1 N–H and O–H groups in total. The van der Waals surface area contributed by atoms with Gasteiger partial charge < -0.3 is 10.1 Å². The number of nitro benzene ring substituents is 1. The third-order valence-electron chi connectivity index (χ3n) is 3.05. The molecule has 0 heterocycles. The van der Waals surface area contributed by atoms with Gasteiger partial charge in [-0.05, 0) is 24.6 Å². The van der Waals surface area contributed by atoms with E-state index in [-0.39, 0.29) is 37.2 Å². The lowest BCUT2D eigenvalue weighted by Crippen LogP contribution is -2.21. The standard InChI is InChI=1S/C15H10Cl4N2O4/c1-7-2-3-11(10(4-7)21(23)24)25-6-12(22)20-15-13(18)8(16)5-9(17)14(15)19/h2-5H,6H2,1H3,(H,20,22). The molecule has 0 aromatic heterocycles. The smallest absolute Gasteiger partial charge is 0.311 e. The Morgan fingerprint density at radius 2 is 1.76 bits per heavy atom. The summed E-state index contributed by atoms with van der Waals surface area (Å²) in [6.45, 7) is 1.21. The number of hydrogen-bond donors (Lipinski definition) is 1. The molecule has 0 saturated heterocycles. The lowest BCUT2D eigenvalue weighted by molar-refractivity contribution is -0.385. The largest absolute Gasteiger partial charge is 0.477 e. The predicted molar refractivity (Wildman–Crippen MR) is 98.4 cm³/mol. The molecular formula is C15H10Cl4N2O4. The van der Waals surface area contributed by atoms with Crippen molar-refractivity contribution in [2.45, 2.75) is 6.92 Å². The molecule has 0 fully saturated rings. The number of halogens is 4. The van der Waals surface area contributed by atoms with Crippen molar-refractivity contribution < 1.29 is 14.5 Å². The molecule has 25 heavy (non-hydrogen) atoms. The van der Waals surface area contributed by atoms with E-state index in [4.69, 9.17) is 51.1 Å². The number of benzene rings is 2. The fraction of sp³-hybridized carbons (Fsp3) is 0.133. The molecule has 0 unspecified atom stereocenters. The molecule has 132 valence electrons. The van der Waals surface area contributed by atoms with Gasteiger partial charge in [-0.3, -0.25) is 14.9 Å². The number of hydrogen-bond acceptors (Lipinski definition) is 4. The number of carbonyl (C=O) groups is 1. The maximum Gasteiger partial charge on any atom is 0.311 e. The van der Waals surface area contributed by atoms with Crippen LogP contribution in [0.2, 0.25) is 20.1 Å². The van der Waals surface area contributed by atoms with Crippen LogP contribution in [0.3, 0.4) is 0 Å². The maximum absolute atomic E-state index is 12.1. The third-order valence-corrected chi connectivity index (χ3v) is 4.62. The molecule has 6 nitrogen and oxygen atoms in total. The van der Waals surface area contributed by atoms with Crippen LogP contribution >= 0.6 is 46.4 Å². The quantitative estimate of drug-likeness (QED) is 0.389. The molecule has 0 aliphatic rings. The summed E-state index contributed by atoms with van der Waals surface area (Å²) in [7, 11) is 0. The average Bonchev–Trinajstić information content (AvgIpc) is 2.55. The van der Waals surface area contributed by atoms with Crippen LogP contribution in [0.5, 0.6) is 5.75 Å². The van der Waals surface area contributed by atoms with Crippen molar-refractivity contribution in [3.05, 3.63) is 60.0 Å². The minimum atomic E-state index is -0.642. The first kappa shape index (κ1) is 19.6. The number of aryl methyl sites for hydroxylation is 1. The molecule has 0 aliphatic carbocycles. The van der Waals surface area contributed by atoms with E-state index < -0.39 is 17.4 Å². The molecule has 1 amide bonds. The van der Waals surface area contributed by atoms with Crippen LogP contribution in [-0.4, -0.2) is 17.4 Å². The number of anilines is 1.